The summed E-state index contributed by atoms with van der Waals surface area (Å²) in [5, 5.41) is 3.08. The monoisotopic (exact) mass is 155 g/mol. The van der Waals surface area contributed by atoms with Gasteiger partial charge < -0.3 is 5.32 Å². The van der Waals surface area contributed by atoms with E-state index >= 15 is 0 Å². The molecular formula is C5H11Cl2N. The summed E-state index contributed by atoms with van der Waals surface area (Å²) in [7, 11) is 0. The van der Waals surface area contributed by atoms with Crippen LogP contribution in [0, 0.1) is 0 Å². The molecule has 0 aromatic heterocycles. The van der Waals surface area contributed by atoms with Gasteiger partial charge in [-0.3, -0.25) is 0 Å². The van der Waals surface area contributed by atoms with Crippen LogP contribution in [0.1, 0.15) is 6.92 Å². The van der Waals surface area contributed by atoms with E-state index in [1.54, 1.807) is 0 Å². The van der Waals surface area contributed by atoms with E-state index in [0.29, 0.717) is 0 Å². The molecule has 1 N–H and O–H groups in total. The van der Waals surface area contributed by atoms with Gasteiger partial charge in [0.15, 0.2) is 0 Å². The minimum Gasteiger partial charge on any atom is -0.314 e. The highest BCUT2D eigenvalue weighted by Gasteiger charge is 1.69. The summed E-state index contributed by atoms with van der Waals surface area (Å²) in [5.41, 5.74) is 1.52. The van der Waals surface area contributed by atoms with Crippen LogP contribution in [0.2, 0.25) is 0 Å². The summed E-state index contributed by atoms with van der Waals surface area (Å²) >= 11 is 5.22. The molecule has 8 heavy (non-hydrogen) atoms. The van der Waals surface area contributed by atoms with Gasteiger partial charge in [0.2, 0.25) is 0 Å². The second-order valence-electron chi connectivity index (χ2n) is 1.17. The van der Waals surface area contributed by atoms with Crippen LogP contribution in [-0.2, 0) is 0 Å². The molecule has 0 radical (unpaired) electrons. The number of hydrogen-bond donors (Lipinski definition) is 1. The Morgan fingerprint density at radius 1 is 1.62 bits per heavy atom. The summed E-state index contributed by atoms with van der Waals surface area (Å²) in [4.78, 5) is 0. The molecule has 0 bridgehead atoms. The van der Waals surface area contributed by atoms with E-state index in [4.69, 9.17) is 11.6 Å². The van der Waals surface area contributed by atoms with Gasteiger partial charge in [-0.15, -0.1) is 12.4 Å². The van der Waals surface area contributed by atoms with Crippen molar-refractivity contribution in [1.29, 1.82) is 0 Å². The van der Waals surface area contributed by atoms with E-state index in [-0.39, 0.29) is 12.4 Å². The molecule has 0 saturated carbocycles. The molecule has 50 valence electrons. The second kappa shape index (κ2) is 10.3. The SMILES string of the molecule is CCNC/C=C/Cl.Cl. The zero-order valence-corrected chi connectivity index (χ0v) is 6.43. The van der Waals surface area contributed by atoms with E-state index in [9.17, 15) is 0 Å². The van der Waals surface area contributed by atoms with Gasteiger partial charge in [-0.05, 0) is 6.54 Å². The van der Waals surface area contributed by atoms with Gasteiger partial charge >= 0.3 is 0 Å². The molecule has 0 aromatic carbocycles. The Morgan fingerprint density at radius 3 is 2.62 bits per heavy atom. The molecule has 0 atom stereocenters. The highest BCUT2D eigenvalue weighted by Crippen LogP contribution is 1.73. The molecule has 0 heterocycles. The topological polar surface area (TPSA) is 12.0 Å². The van der Waals surface area contributed by atoms with Crippen molar-refractivity contribution in [2.24, 2.45) is 0 Å². The molecule has 0 aliphatic carbocycles. The fraction of sp³-hybridized carbons (Fsp3) is 0.600. The summed E-state index contributed by atoms with van der Waals surface area (Å²) < 4.78 is 0. The van der Waals surface area contributed by atoms with Crippen LogP contribution < -0.4 is 5.32 Å². The van der Waals surface area contributed by atoms with Crippen molar-refractivity contribution >= 4 is 24.0 Å². The van der Waals surface area contributed by atoms with Gasteiger partial charge in [0.1, 0.15) is 0 Å². The van der Waals surface area contributed by atoms with Crippen LogP contribution >= 0.6 is 24.0 Å². The third-order valence-corrected chi connectivity index (χ3v) is 0.779. The second-order valence-corrected chi connectivity index (χ2v) is 1.42. The fourth-order valence-corrected chi connectivity index (χ4v) is 0.361. The lowest BCUT2D eigenvalue weighted by molar-refractivity contribution is 0.800. The van der Waals surface area contributed by atoms with Gasteiger partial charge in [-0.25, -0.2) is 0 Å². The molecule has 0 rings (SSSR count). The summed E-state index contributed by atoms with van der Waals surface area (Å²) in [6.07, 6.45) is 1.87. The van der Waals surface area contributed by atoms with Crippen molar-refractivity contribution in [3.8, 4) is 0 Å². The van der Waals surface area contributed by atoms with Crippen molar-refractivity contribution in [2.45, 2.75) is 6.92 Å². The van der Waals surface area contributed by atoms with Crippen molar-refractivity contribution in [1.82, 2.24) is 5.32 Å². The number of rotatable bonds is 3. The molecule has 0 aliphatic heterocycles. The van der Waals surface area contributed by atoms with E-state index < -0.39 is 0 Å². The van der Waals surface area contributed by atoms with Gasteiger partial charge in [-0.2, -0.15) is 0 Å². The number of hydrogen-bond acceptors (Lipinski definition) is 1. The smallest absolute Gasteiger partial charge is 0.0146 e. The third-order valence-electron chi connectivity index (χ3n) is 0.601. The first-order valence-electron chi connectivity index (χ1n) is 2.37. The first kappa shape index (κ1) is 11.1. The van der Waals surface area contributed by atoms with Crippen LogP contribution in [0.15, 0.2) is 11.6 Å². The maximum atomic E-state index is 5.22. The molecule has 0 saturated heterocycles. The Bertz CT molecular complexity index is 54.4. The quantitative estimate of drug-likeness (QED) is 0.614. The minimum atomic E-state index is 0. The Kier molecular flexibility index (Phi) is 14.3. The highest BCUT2D eigenvalue weighted by molar-refractivity contribution is 6.25. The lowest BCUT2D eigenvalue weighted by Gasteiger charge is -1.89. The molecule has 0 unspecified atom stereocenters. The van der Waals surface area contributed by atoms with Gasteiger partial charge in [0, 0.05) is 12.1 Å². The Morgan fingerprint density at radius 2 is 2.25 bits per heavy atom. The van der Waals surface area contributed by atoms with Gasteiger partial charge in [0.05, 0.1) is 0 Å². The predicted molar refractivity (Wildman–Crippen MR) is 40.8 cm³/mol. The molecular weight excluding hydrogens is 145 g/mol. The van der Waals surface area contributed by atoms with Crippen LogP contribution in [0.4, 0.5) is 0 Å². The van der Waals surface area contributed by atoms with Crippen molar-refractivity contribution < 1.29 is 0 Å². The van der Waals surface area contributed by atoms with E-state index in [1.165, 1.54) is 5.54 Å². The Balaban J connectivity index is 0. The van der Waals surface area contributed by atoms with Gasteiger partial charge in [0.25, 0.3) is 0 Å². The van der Waals surface area contributed by atoms with Crippen LogP contribution in [0.25, 0.3) is 0 Å². The normalized spacial score (nSPS) is 9.25. The molecule has 0 fully saturated rings. The van der Waals surface area contributed by atoms with Crippen LogP contribution in [0.5, 0.6) is 0 Å². The molecule has 0 amide bonds. The minimum absolute atomic E-state index is 0. The maximum Gasteiger partial charge on any atom is 0.0146 e. The van der Waals surface area contributed by atoms with Crippen molar-refractivity contribution in [3.63, 3.8) is 0 Å². The van der Waals surface area contributed by atoms with Gasteiger partial charge in [-0.1, -0.05) is 24.6 Å². The lowest BCUT2D eigenvalue weighted by Crippen LogP contribution is -2.11. The molecule has 0 aliphatic rings. The number of nitrogens with one attached hydrogen (secondary N) is 1. The standard InChI is InChI=1S/C5H10ClN.ClH/c1-2-7-5-3-4-6;/h3-4,7H,2,5H2,1H3;1H/b4-3+;. The van der Waals surface area contributed by atoms with E-state index in [1.807, 2.05) is 6.08 Å². The summed E-state index contributed by atoms with van der Waals surface area (Å²) in [6.45, 7) is 3.93. The maximum absolute atomic E-state index is 5.22. The van der Waals surface area contributed by atoms with E-state index in [2.05, 4.69) is 12.2 Å². The molecule has 0 aromatic rings. The Labute approximate surface area is 61.5 Å². The van der Waals surface area contributed by atoms with Crippen LogP contribution in [0.3, 0.4) is 0 Å². The average Bonchev–Trinajstić information content (AvgIpc) is 1.69. The fourth-order valence-electron chi connectivity index (χ4n) is 0.272. The third kappa shape index (κ3) is 9.56. The summed E-state index contributed by atoms with van der Waals surface area (Å²) in [6, 6.07) is 0. The zero-order chi connectivity index (χ0) is 5.54. The largest absolute Gasteiger partial charge is 0.314 e. The van der Waals surface area contributed by atoms with Crippen molar-refractivity contribution in [2.75, 3.05) is 13.1 Å². The van der Waals surface area contributed by atoms with Crippen LogP contribution in [-0.4, -0.2) is 13.1 Å². The lowest BCUT2D eigenvalue weighted by atomic mass is 10.6. The number of likely N-dealkylation sites (N-methyl/N-ethyl adjacent to an activating group) is 1. The molecule has 1 nitrogen and oxygen atoms in total. The zero-order valence-electron chi connectivity index (χ0n) is 4.86. The molecule has 0 spiro atoms. The first-order valence-corrected chi connectivity index (χ1v) is 2.81. The predicted octanol–water partition coefficient (Wildman–Crippen LogP) is 1.77. The number of halogens is 2. The Hall–Kier alpha value is 0.280. The highest BCUT2D eigenvalue weighted by atomic mass is 35.5. The summed E-state index contributed by atoms with van der Waals surface area (Å²) in [5.74, 6) is 0. The average molecular weight is 156 g/mol. The molecule has 3 heteroatoms. The van der Waals surface area contributed by atoms with E-state index in [0.717, 1.165) is 13.1 Å². The first-order chi connectivity index (χ1) is 3.41. The van der Waals surface area contributed by atoms with Crippen molar-refractivity contribution in [3.05, 3.63) is 11.6 Å².